The monoisotopic (exact) mass is 288 g/mol. The molecule has 1 aromatic rings. The highest BCUT2D eigenvalue weighted by atomic mass is 16.6. The van der Waals surface area contributed by atoms with E-state index in [4.69, 9.17) is 9.47 Å². The summed E-state index contributed by atoms with van der Waals surface area (Å²) in [5, 5.41) is 0. The van der Waals surface area contributed by atoms with Gasteiger partial charge in [-0.1, -0.05) is 12.1 Å². The lowest BCUT2D eigenvalue weighted by Gasteiger charge is -2.37. The van der Waals surface area contributed by atoms with E-state index in [1.807, 2.05) is 24.3 Å². The van der Waals surface area contributed by atoms with E-state index >= 15 is 0 Å². The Morgan fingerprint density at radius 2 is 1.76 bits per heavy atom. The van der Waals surface area contributed by atoms with E-state index in [0.717, 1.165) is 25.7 Å². The van der Waals surface area contributed by atoms with Gasteiger partial charge in [0.15, 0.2) is 0 Å². The van der Waals surface area contributed by atoms with Crippen molar-refractivity contribution in [1.29, 1.82) is 0 Å². The summed E-state index contributed by atoms with van der Waals surface area (Å²) in [5.74, 6) is 1.35. The zero-order chi connectivity index (χ0) is 14.8. The normalized spacial score (nSPS) is 28.4. The minimum Gasteiger partial charge on any atom is -0.461 e. The molecule has 0 N–H and O–H groups in total. The third kappa shape index (κ3) is 3.26. The molecule has 1 atom stereocenters. The number of cyclic esters (lactones) is 1. The minimum atomic E-state index is -0.293. The van der Waals surface area contributed by atoms with Crippen molar-refractivity contribution < 1.29 is 19.1 Å². The Kier molecular flexibility index (Phi) is 3.95. The van der Waals surface area contributed by atoms with E-state index in [2.05, 4.69) is 0 Å². The predicted octanol–water partition coefficient (Wildman–Crippen LogP) is 3.20. The Bertz CT molecular complexity index is 518. The molecule has 0 bridgehead atoms. The Morgan fingerprint density at radius 3 is 2.29 bits per heavy atom. The molecule has 0 amide bonds. The summed E-state index contributed by atoms with van der Waals surface area (Å²) in [6.45, 7) is 1.41. The third-order valence-corrected chi connectivity index (χ3v) is 4.56. The van der Waals surface area contributed by atoms with Crippen LogP contribution in [0.1, 0.15) is 50.5 Å². The fraction of sp³-hybridized carbons (Fsp3) is 0.529. The molecule has 1 unspecified atom stereocenters. The maximum atomic E-state index is 10.9. The van der Waals surface area contributed by atoms with E-state index in [-0.39, 0.29) is 18.0 Å². The number of hydrogen-bond acceptors (Lipinski definition) is 4. The first-order valence-electron chi connectivity index (χ1n) is 7.59. The van der Waals surface area contributed by atoms with Crippen molar-refractivity contribution in [2.75, 3.05) is 0 Å². The molecular weight excluding hydrogens is 268 g/mol. The molecule has 1 heterocycles. The van der Waals surface area contributed by atoms with Crippen molar-refractivity contribution in [2.45, 2.75) is 51.0 Å². The van der Waals surface area contributed by atoms with Crippen LogP contribution in [0, 0.1) is 5.92 Å². The number of ether oxygens (including phenoxy) is 2. The Morgan fingerprint density at radius 1 is 1.14 bits per heavy atom. The molecule has 21 heavy (non-hydrogen) atoms. The SMILES string of the molecule is CC(=O)Oc1ccc(C2CCC(C3CC(=O)O3)CC2)cc1. The van der Waals surface area contributed by atoms with Crippen LogP contribution in [-0.4, -0.2) is 18.0 Å². The van der Waals surface area contributed by atoms with Gasteiger partial charge in [0.1, 0.15) is 11.9 Å². The lowest BCUT2D eigenvalue weighted by molar-refractivity contribution is -0.176. The molecule has 3 rings (SSSR count). The number of hydrogen-bond donors (Lipinski definition) is 0. The van der Waals surface area contributed by atoms with Gasteiger partial charge in [-0.25, -0.2) is 0 Å². The van der Waals surface area contributed by atoms with Crippen LogP contribution in [-0.2, 0) is 14.3 Å². The molecule has 2 fully saturated rings. The summed E-state index contributed by atoms with van der Waals surface area (Å²) in [6.07, 6.45) is 5.27. The van der Waals surface area contributed by atoms with E-state index < -0.39 is 0 Å². The van der Waals surface area contributed by atoms with Crippen LogP contribution in [0.25, 0.3) is 0 Å². The molecule has 4 nitrogen and oxygen atoms in total. The van der Waals surface area contributed by atoms with Crippen molar-refractivity contribution >= 4 is 11.9 Å². The fourth-order valence-corrected chi connectivity index (χ4v) is 3.38. The molecular formula is C17H20O4. The molecule has 1 aromatic carbocycles. The van der Waals surface area contributed by atoms with Gasteiger partial charge >= 0.3 is 11.9 Å². The summed E-state index contributed by atoms with van der Waals surface area (Å²) in [5.41, 5.74) is 1.30. The van der Waals surface area contributed by atoms with Crippen LogP contribution in [0.3, 0.4) is 0 Å². The summed E-state index contributed by atoms with van der Waals surface area (Å²) in [6, 6.07) is 7.81. The first-order valence-corrected chi connectivity index (χ1v) is 7.59. The van der Waals surface area contributed by atoms with Gasteiger partial charge in [-0.2, -0.15) is 0 Å². The topological polar surface area (TPSA) is 52.6 Å². The molecule has 0 aromatic heterocycles. The highest BCUT2D eigenvalue weighted by Crippen LogP contribution is 2.40. The van der Waals surface area contributed by atoms with Crippen LogP contribution in [0.5, 0.6) is 5.75 Å². The van der Waals surface area contributed by atoms with Gasteiger partial charge in [0.05, 0.1) is 6.42 Å². The van der Waals surface area contributed by atoms with Crippen molar-refractivity contribution in [3.8, 4) is 5.75 Å². The maximum Gasteiger partial charge on any atom is 0.309 e. The smallest absolute Gasteiger partial charge is 0.309 e. The Balaban J connectivity index is 1.54. The standard InChI is InChI=1S/C17H20O4/c1-11(18)20-15-8-6-13(7-9-15)12-2-4-14(5-3-12)16-10-17(19)21-16/h6-9,12,14,16H,2-5,10H2,1H3. The maximum absolute atomic E-state index is 10.9. The van der Waals surface area contributed by atoms with Gasteiger partial charge in [0.2, 0.25) is 0 Å². The second-order valence-corrected chi connectivity index (χ2v) is 6.01. The fourth-order valence-electron chi connectivity index (χ4n) is 3.38. The van der Waals surface area contributed by atoms with E-state index in [9.17, 15) is 9.59 Å². The van der Waals surface area contributed by atoms with Crippen molar-refractivity contribution in [3.05, 3.63) is 29.8 Å². The van der Waals surface area contributed by atoms with Gasteiger partial charge in [0, 0.05) is 6.92 Å². The average Bonchev–Trinajstić information content (AvgIpc) is 2.44. The number of esters is 2. The van der Waals surface area contributed by atoms with Crippen molar-refractivity contribution in [1.82, 2.24) is 0 Å². The Hall–Kier alpha value is -1.84. The van der Waals surface area contributed by atoms with Crippen LogP contribution in [0.2, 0.25) is 0 Å². The van der Waals surface area contributed by atoms with E-state index in [1.54, 1.807) is 0 Å². The molecule has 2 aliphatic rings. The molecule has 0 spiro atoms. The van der Waals surface area contributed by atoms with Crippen LogP contribution in [0.4, 0.5) is 0 Å². The molecule has 1 saturated carbocycles. The Labute approximate surface area is 124 Å². The van der Waals surface area contributed by atoms with Crippen LogP contribution >= 0.6 is 0 Å². The highest BCUT2D eigenvalue weighted by molar-refractivity contribution is 5.75. The second kappa shape index (κ2) is 5.88. The van der Waals surface area contributed by atoms with Crippen LogP contribution < -0.4 is 4.74 Å². The van der Waals surface area contributed by atoms with E-state index in [1.165, 1.54) is 12.5 Å². The number of carbonyl (C=O) groups excluding carboxylic acids is 2. The summed E-state index contributed by atoms with van der Waals surface area (Å²) >= 11 is 0. The van der Waals surface area contributed by atoms with Gasteiger partial charge in [-0.3, -0.25) is 9.59 Å². The van der Waals surface area contributed by atoms with E-state index in [0.29, 0.717) is 24.0 Å². The van der Waals surface area contributed by atoms with Crippen molar-refractivity contribution in [2.24, 2.45) is 5.92 Å². The minimum absolute atomic E-state index is 0.0526. The molecule has 1 aliphatic carbocycles. The zero-order valence-corrected chi connectivity index (χ0v) is 12.2. The molecule has 112 valence electrons. The second-order valence-electron chi connectivity index (χ2n) is 6.01. The molecule has 4 heteroatoms. The molecule has 1 saturated heterocycles. The average molecular weight is 288 g/mol. The first kappa shape index (κ1) is 14.1. The van der Waals surface area contributed by atoms with Gasteiger partial charge < -0.3 is 9.47 Å². The number of benzene rings is 1. The van der Waals surface area contributed by atoms with Crippen LogP contribution in [0.15, 0.2) is 24.3 Å². The molecule has 0 radical (unpaired) electrons. The highest BCUT2D eigenvalue weighted by Gasteiger charge is 2.37. The summed E-state index contributed by atoms with van der Waals surface area (Å²) in [4.78, 5) is 21.8. The lowest BCUT2D eigenvalue weighted by atomic mass is 9.75. The van der Waals surface area contributed by atoms with Gasteiger partial charge in [-0.05, 0) is 55.2 Å². The third-order valence-electron chi connectivity index (χ3n) is 4.56. The zero-order valence-electron chi connectivity index (χ0n) is 12.2. The summed E-state index contributed by atoms with van der Waals surface area (Å²) < 4.78 is 10.2. The lowest BCUT2D eigenvalue weighted by Crippen LogP contribution is -2.40. The van der Waals surface area contributed by atoms with Gasteiger partial charge in [-0.15, -0.1) is 0 Å². The number of rotatable bonds is 3. The van der Waals surface area contributed by atoms with Crippen molar-refractivity contribution in [3.63, 3.8) is 0 Å². The predicted molar refractivity (Wildman–Crippen MR) is 76.9 cm³/mol. The quantitative estimate of drug-likeness (QED) is 0.633. The molecule has 1 aliphatic heterocycles. The largest absolute Gasteiger partial charge is 0.461 e. The summed E-state index contributed by atoms with van der Waals surface area (Å²) in [7, 11) is 0. The number of carbonyl (C=O) groups is 2. The van der Waals surface area contributed by atoms with Gasteiger partial charge in [0.25, 0.3) is 0 Å². The first-order chi connectivity index (χ1) is 10.1.